The standard InChI is InChI=1S/C16H15ClO2/c1-18-11-12-19-16-9-8-13-5-2-3-6-14(13)15(16)7-4-10-17/h2-3,5-6,8-9H,10-12H2,1H3. The third-order valence-corrected chi connectivity index (χ3v) is 2.85. The number of rotatable bonds is 4. The van der Waals surface area contributed by atoms with Gasteiger partial charge in [0, 0.05) is 12.5 Å². The average molecular weight is 275 g/mol. The zero-order chi connectivity index (χ0) is 13.5. The van der Waals surface area contributed by atoms with Gasteiger partial charge in [-0.05, 0) is 11.5 Å². The van der Waals surface area contributed by atoms with Gasteiger partial charge in [0.25, 0.3) is 0 Å². The normalized spacial score (nSPS) is 10.0. The van der Waals surface area contributed by atoms with Crippen molar-refractivity contribution < 1.29 is 9.47 Å². The van der Waals surface area contributed by atoms with E-state index in [4.69, 9.17) is 21.1 Å². The van der Waals surface area contributed by atoms with E-state index in [2.05, 4.69) is 17.9 Å². The molecule has 0 N–H and O–H groups in total. The summed E-state index contributed by atoms with van der Waals surface area (Å²) in [5.41, 5.74) is 0.884. The highest BCUT2D eigenvalue weighted by atomic mass is 35.5. The number of benzene rings is 2. The van der Waals surface area contributed by atoms with Crippen LogP contribution in [0.1, 0.15) is 5.56 Å². The van der Waals surface area contributed by atoms with Crippen LogP contribution in [0, 0.1) is 11.8 Å². The molecule has 0 heterocycles. The quantitative estimate of drug-likeness (QED) is 0.483. The van der Waals surface area contributed by atoms with Crippen LogP contribution in [0.5, 0.6) is 5.75 Å². The highest BCUT2D eigenvalue weighted by Crippen LogP contribution is 2.27. The predicted octanol–water partition coefficient (Wildman–Crippen LogP) is 3.46. The maximum atomic E-state index is 5.71. The Morgan fingerprint density at radius 3 is 2.74 bits per heavy atom. The molecule has 0 spiro atoms. The van der Waals surface area contributed by atoms with Crippen LogP contribution in [-0.4, -0.2) is 26.2 Å². The number of halogens is 1. The van der Waals surface area contributed by atoms with Crippen LogP contribution < -0.4 is 4.74 Å². The van der Waals surface area contributed by atoms with E-state index in [9.17, 15) is 0 Å². The summed E-state index contributed by atoms with van der Waals surface area (Å²) in [6, 6.07) is 12.1. The van der Waals surface area contributed by atoms with E-state index in [1.165, 1.54) is 0 Å². The summed E-state index contributed by atoms with van der Waals surface area (Å²) >= 11 is 5.65. The van der Waals surface area contributed by atoms with Crippen molar-refractivity contribution in [2.24, 2.45) is 0 Å². The number of alkyl halides is 1. The van der Waals surface area contributed by atoms with Crippen molar-refractivity contribution in [1.29, 1.82) is 0 Å². The molecule has 98 valence electrons. The highest BCUT2D eigenvalue weighted by molar-refractivity contribution is 6.19. The molecule has 0 bridgehead atoms. The molecule has 0 aliphatic rings. The molecule has 2 aromatic rings. The zero-order valence-corrected chi connectivity index (χ0v) is 11.5. The molecule has 0 saturated carbocycles. The molecule has 0 aliphatic carbocycles. The molecule has 19 heavy (non-hydrogen) atoms. The SMILES string of the molecule is COCCOc1ccc2ccccc2c1C#CCCl. The lowest BCUT2D eigenvalue weighted by atomic mass is 10.0. The van der Waals surface area contributed by atoms with Gasteiger partial charge in [-0.1, -0.05) is 42.2 Å². The molecule has 0 aromatic heterocycles. The van der Waals surface area contributed by atoms with Gasteiger partial charge in [-0.15, -0.1) is 11.6 Å². The first-order valence-electron chi connectivity index (χ1n) is 6.05. The molecule has 2 nitrogen and oxygen atoms in total. The summed E-state index contributed by atoms with van der Waals surface area (Å²) in [6.07, 6.45) is 0. The van der Waals surface area contributed by atoms with Gasteiger partial charge in [-0.25, -0.2) is 0 Å². The second kappa shape index (κ2) is 7.04. The van der Waals surface area contributed by atoms with Crippen LogP contribution in [-0.2, 0) is 4.74 Å². The summed E-state index contributed by atoms with van der Waals surface area (Å²) in [4.78, 5) is 0. The minimum atomic E-state index is 0.306. The van der Waals surface area contributed by atoms with E-state index in [1.807, 2.05) is 30.3 Å². The Kier molecular flexibility index (Phi) is 5.09. The topological polar surface area (TPSA) is 18.5 Å². The molecule has 0 amide bonds. The molecular weight excluding hydrogens is 260 g/mol. The molecule has 0 radical (unpaired) electrons. The first-order valence-corrected chi connectivity index (χ1v) is 6.58. The minimum absolute atomic E-state index is 0.306. The largest absolute Gasteiger partial charge is 0.490 e. The van der Waals surface area contributed by atoms with Gasteiger partial charge in [0.1, 0.15) is 12.4 Å². The van der Waals surface area contributed by atoms with Crippen molar-refractivity contribution >= 4 is 22.4 Å². The van der Waals surface area contributed by atoms with Gasteiger partial charge >= 0.3 is 0 Å². The Labute approximate surface area is 118 Å². The maximum Gasteiger partial charge on any atom is 0.135 e. The van der Waals surface area contributed by atoms with E-state index in [-0.39, 0.29) is 0 Å². The number of ether oxygens (including phenoxy) is 2. The van der Waals surface area contributed by atoms with Crippen LogP contribution in [0.2, 0.25) is 0 Å². The first-order chi connectivity index (χ1) is 9.36. The van der Waals surface area contributed by atoms with E-state index >= 15 is 0 Å². The van der Waals surface area contributed by atoms with Crippen molar-refractivity contribution in [3.05, 3.63) is 42.0 Å². The number of hydrogen-bond donors (Lipinski definition) is 0. The lowest BCUT2D eigenvalue weighted by molar-refractivity contribution is 0.146. The smallest absolute Gasteiger partial charge is 0.135 e. The number of methoxy groups -OCH3 is 1. The molecule has 2 aromatic carbocycles. The molecule has 0 fully saturated rings. The van der Waals surface area contributed by atoms with Gasteiger partial charge in [0.05, 0.1) is 18.1 Å². The van der Waals surface area contributed by atoms with Crippen molar-refractivity contribution in [2.75, 3.05) is 26.2 Å². The summed E-state index contributed by atoms with van der Waals surface area (Å²) in [5.74, 6) is 7.05. The molecular formula is C16H15ClO2. The summed E-state index contributed by atoms with van der Waals surface area (Å²) in [6.45, 7) is 1.06. The van der Waals surface area contributed by atoms with Gasteiger partial charge in [-0.3, -0.25) is 0 Å². The van der Waals surface area contributed by atoms with E-state index in [0.717, 1.165) is 22.1 Å². The number of fused-ring (bicyclic) bond motifs is 1. The summed E-state index contributed by atoms with van der Waals surface area (Å²) in [7, 11) is 1.65. The van der Waals surface area contributed by atoms with Gasteiger partial charge in [0.15, 0.2) is 0 Å². The average Bonchev–Trinajstić information content (AvgIpc) is 2.46. The van der Waals surface area contributed by atoms with Crippen LogP contribution in [0.25, 0.3) is 10.8 Å². The van der Waals surface area contributed by atoms with Crippen LogP contribution >= 0.6 is 11.6 Å². The third kappa shape index (κ3) is 3.41. The first kappa shape index (κ1) is 13.7. The predicted molar refractivity (Wildman–Crippen MR) is 78.9 cm³/mol. The Bertz CT molecular complexity index is 611. The lowest BCUT2D eigenvalue weighted by Gasteiger charge is -2.10. The fourth-order valence-electron chi connectivity index (χ4n) is 1.86. The minimum Gasteiger partial charge on any atom is -0.490 e. The summed E-state index contributed by atoms with van der Waals surface area (Å²) in [5, 5.41) is 2.22. The van der Waals surface area contributed by atoms with Crippen molar-refractivity contribution in [3.8, 4) is 17.6 Å². The van der Waals surface area contributed by atoms with Crippen LogP contribution in [0.3, 0.4) is 0 Å². The van der Waals surface area contributed by atoms with Crippen LogP contribution in [0.15, 0.2) is 36.4 Å². The molecule has 2 rings (SSSR count). The van der Waals surface area contributed by atoms with Crippen molar-refractivity contribution in [2.45, 2.75) is 0 Å². The molecule has 0 saturated heterocycles. The second-order valence-electron chi connectivity index (χ2n) is 3.94. The van der Waals surface area contributed by atoms with E-state index < -0.39 is 0 Å². The Morgan fingerprint density at radius 1 is 1.11 bits per heavy atom. The zero-order valence-electron chi connectivity index (χ0n) is 10.8. The molecule has 3 heteroatoms. The second-order valence-corrected chi connectivity index (χ2v) is 4.20. The monoisotopic (exact) mass is 274 g/mol. The molecule has 0 unspecified atom stereocenters. The Morgan fingerprint density at radius 2 is 1.95 bits per heavy atom. The van der Waals surface area contributed by atoms with Crippen LogP contribution in [0.4, 0.5) is 0 Å². The fraction of sp³-hybridized carbons (Fsp3) is 0.250. The van der Waals surface area contributed by atoms with Crippen molar-refractivity contribution in [3.63, 3.8) is 0 Å². The van der Waals surface area contributed by atoms with Gasteiger partial charge in [-0.2, -0.15) is 0 Å². The third-order valence-electron chi connectivity index (χ3n) is 2.72. The maximum absolute atomic E-state index is 5.71. The Balaban J connectivity index is 2.44. The fourth-order valence-corrected chi connectivity index (χ4v) is 1.92. The highest BCUT2D eigenvalue weighted by Gasteiger charge is 2.06. The van der Waals surface area contributed by atoms with E-state index in [0.29, 0.717) is 19.1 Å². The lowest BCUT2D eigenvalue weighted by Crippen LogP contribution is -2.05. The number of hydrogen-bond acceptors (Lipinski definition) is 2. The van der Waals surface area contributed by atoms with Gasteiger partial charge in [0.2, 0.25) is 0 Å². The molecule has 0 atom stereocenters. The van der Waals surface area contributed by atoms with E-state index in [1.54, 1.807) is 7.11 Å². The van der Waals surface area contributed by atoms with Crippen molar-refractivity contribution in [1.82, 2.24) is 0 Å². The molecule has 0 aliphatic heterocycles. The Hall–Kier alpha value is -1.69. The van der Waals surface area contributed by atoms with Gasteiger partial charge < -0.3 is 9.47 Å². The summed E-state index contributed by atoms with van der Waals surface area (Å²) < 4.78 is 10.7.